The number of methoxy groups -OCH3 is 1. The molecule has 0 aliphatic rings. The Morgan fingerprint density at radius 1 is 1.04 bits per heavy atom. The van der Waals surface area contributed by atoms with Crippen molar-refractivity contribution in [3.8, 4) is 0 Å². The minimum atomic E-state index is -5.65. The highest BCUT2D eigenvalue weighted by Crippen LogP contribution is 2.42. The van der Waals surface area contributed by atoms with Gasteiger partial charge in [-0.3, -0.25) is 10.1 Å². The average molecular weight is 343 g/mol. The maximum Gasteiger partial charge on any atom is 0.402 e. The van der Waals surface area contributed by atoms with Gasteiger partial charge in [-0.1, -0.05) is 30.3 Å². The highest BCUT2D eigenvalue weighted by atomic mass is 19.4. The summed E-state index contributed by atoms with van der Waals surface area (Å²) in [7, 11) is 0.730. The molecule has 0 fully saturated rings. The van der Waals surface area contributed by atoms with Crippen LogP contribution in [0.25, 0.3) is 0 Å². The topological polar surface area (TPSA) is 38.3 Å². The molecule has 3 nitrogen and oxygen atoms in total. The number of ether oxygens (including phenoxy) is 1. The summed E-state index contributed by atoms with van der Waals surface area (Å²) in [6.07, 6.45) is -11.3. The lowest BCUT2D eigenvalue weighted by Crippen LogP contribution is -2.55. The molecule has 9 heteroatoms. The molecule has 0 spiro atoms. The van der Waals surface area contributed by atoms with Gasteiger partial charge in [-0.15, -0.1) is 0 Å². The second-order valence-corrected chi connectivity index (χ2v) is 4.86. The van der Waals surface area contributed by atoms with Gasteiger partial charge in [0.05, 0.1) is 7.11 Å². The summed E-state index contributed by atoms with van der Waals surface area (Å²) in [5.41, 5.74) is 0.435. The lowest BCUT2D eigenvalue weighted by Gasteiger charge is -2.31. The zero-order chi connectivity index (χ0) is 17.8. The first kappa shape index (κ1) is 19.3. The van der Waals surface area contributed by atoms with E-state index in [0.717, 1.165) is 7.11 Å². The van der Waals surface area contributed by atoms with Crippen LogP contribution in [0.5, 0.6) is 0 Å². The van der Waals surface area contributed by atoms with Gasteiger partial charge in [-0.05, 0) is 12.5 Å². The molecule has 0 amide bonds. The van der Waals surface area contributed by atoms with Gasteiger partial charge in [0.15, 0.2) is 5.92 Å². The Labute approximate surface area is 128 Å². The number of halogens is 6. The van der Waals surface area contributed by atoms with Crippen molar-refractivity contribution in [3.63, 3.8) is 0 Å². The molecule has 0 aliphatic heterocycles. The van der Waals surface area contributed by atoms with Gasteiger partial charge in [0.1, 0.15) is 6.04 Å². The smallest absolute Gasteiger partial charge is 0.402 e. The van der Waals surface area contributed by atoms with Crippen LogP contribution in [-0.2, 0) is 9.53 Å². The minimum Gasteiger partial charge on any atom is -0.468 e. The third kappa shape index (κ3) is 5.12. The number of rotatable bonds is 5. The molecule has 1 rings (SSSR count). The quantitative estimate of drug-likeness (QED) is 0.656. The molecule has 2 atom stereocenters. The second kappa shape index (κ2) is 7.20. The summed E-state index contributed by atoms with van der Waals surface area (Å²) in [6, 6.07) is 4.30. The summed E-state index contributed by atoms with van der Waals surface area (Å²) in [6.45, 7) is 1.36. The predicted molar refractivity (Wildman–Crippen MR) is 69.4 cm³/mol. The molecule has 1 aromatic rings. The number of nitrogens with one attached hydrogen (secondary N) is 1. The molecule has 0 saturated heterocycles. The molecule has 0 aromatic heterocycles. The van der Waals surface area contributed by atoms with E-state index in [9.17, 15) is 31.1 Å². The maximum absolute atomic E-state index is 12.8. The Kier molecular flexibility index (Phi) is 6.04. The van der Waals surface area contributed by atoms with Crippen molar-refractivity contribution in [1.29, 1.82) is 0 Å². The summed E-state index contributed by atoms with van der Waals surface area (Å²) >= 11 is 0. The van der Waals surface area contributed by atoms with Crippen molar-refractivity contribution in [2.24, 2.45) is 5.92 Å². The predicted octanol–water partition coefficient (Wildman–Crippen LogP) is 3.62. The molecule has 1 N–H and O–H groups in total. The maximum atomic E-state index is 12.8. The van der Waals surface area contributed by atoms with Crippen LogP contribution in [0.15, 0.2) is 30.3 Å². The largest absolute Gasteiger partial charge is 0.468 e. The van der Waals surface area contributed by atoms with E-state index in [0.29, 0.717) is 5.56 Å². The molecular formula is C14H15F6NO2. The summed E-state index contributed by atoms with van der Waals surface area (Å²) in [5, 5.41) is 2.08. The molecule has 0 unspecified atom stereocenters. The molecule has 0 aliphatic carbocycles. The number of esters is 1. The number of hydrogen-bond acceptors (Lipinski definition) is 3. The van der Waals surface area contributed by atoms with E-state index in [-0.39, 0.29) is 0 Å². The van der Waals surface area contributed by atoms with Crippen molar-refractivity contribution in [2.75, 3.05) is 7.11 Å². The van der Waals surface area contributed by atoms with Crippen LogP contribution in [0.3, 0.4) is 0 Å². The third-order valence-electron chi connectivity index (χ3n) is 3.22. The number of benzene rings is 1. The zero-order valence-electron chi connectivity index (χ0n) is 12.2. The van der Waals surface area contributed by atoms with Crippen LogP contribution in [0.2, 0.25) is 0 Å². The summed E-state index contributed by atoms with van der Waals surface area (Å²) < 4.78 is 81.2. The van der Waals surface area contributed by atoms with Crippen molar-refractivity contribution >= 4 is 5.97 Å². The molecule has 1 aromatic carbocycles. The van der Waals surface area contributed by atoms with Gasteiger partial charge in [0, 0.05) is 6.04 Å². The molecule has 0 bridgehead atoms. The van der Waals surface area contributed by atoms with Crippen molar-refractivity contribution in [3.05, 3.63) is 35.9 Å². The van der Waals surface area contributed by atoms with Crippen molar-refractivity contribution in [1.82, 2.24) is 5.32 Å². The monoisotopic (exact) mass is 343 g/mol. The third-order valence-corrected chi connectivity index (χ3v) is 3.22. The van der Waals surface area contributed by atoms with Crippen LogP contribution < -0.4 is 5.32 Å². The van der Waals surface area contributed by atoms with E-state index >= 15 is 0 Å². The molecule has 130 valence electrons. The Bertz CT molecular complexity index is 500. The standard InChI is InChI=1S/C14H15F6NO2/c1-8(9-6-4-3-5-7-9)21-10(12(22)23-2)11(13(15,16)17)14(18,19)20/h3-8,10-11,21H,1-2H3/t8-,10+/m1/s1. The van der Waals surface area contributed by atoms with E-state index in [1.54, 1.807) is 18.2 Å². The fraction of sp³-hybridized carbons (Fsp3) is 0.500. The number of alkyl halides is 6. The van der Waals surface area contributed by atoms with Crippen LogP contribution >= 0.6 is 0 Å². The van der Waals surface area contributed by atoms with E-state index in [1.807, 2.05) is 0 Å². The van der Waals surface area contributed by atoms with Gasteiger partial charge in [-0.2, -0.15) is 26.3 Å². The van der Waals surface area contributed by atoms with E-state index in [2.05, 4.69) is 10.1 Å². The fourth-order valence-electron chi connectivity index (χ4n) is 2.10. The summed E-state index contributed by atoms with van der Waals surface area (Å²) in [4.78, 5) is 11.5. The second-order valence-electron chi connectivity index (χ2n) is 4.86. The fourth-order valence-corrected chi connectivity index (χ4v) is 2.10. The Balaban J connectivity index is 3.15. The van der Waals surface area contributed by atoms with Crippen LogP contribution in [0.1, 0.15) is 18.5 Å². The highest BCUT2D eigenvalue weighted by molar-refractivity contribution is 5.76. The highest BCUT2D eigenvalue weighted by Gasteiger charge is 2.62. The zero-order valence-corrected chi connectivity index (χ0v) is 12.2. The van der Waals surface area contributed by atoms with Gasteiger partial charge in [0.2, 0.25) is 0 Å². The SMILES string of the molecule is COC(=O)[C@@H](N[C@H](C)c1ccccc1)C(C(F)(F)F)C(F)(F)F. The van der Waals surface area contributed by atoms with E-state index in [1.165, 1.54) is 19.1 Å². The van der Waals surface area contributed by atoms with E-state index < -0.39 is 36.3 Å². The number of carbonyl (C=O) groups is 1. The van der Waals surface area contributed by atoms with Crippen LogP contribution in [0, 0.1) is 5.92 Å². The molecular weight excluding hydrogens is 328 g/mol. The Morgan fingerprint density at radius 3 is 1.91 bits per heavy atom. The number of hydrogen-bond donors (Lipinski definition) is 1. The Morgan fingerprint density at radius 2 is 1.52 bits per heavy atom. The normalized spacial score (nSPS) is 15.3. The number of carbonyl (C=O) groups excluding carboxylic acids is 1. The average Bonchev–Trinajstić information content (AvgIpc) is 2.43. The van der Waals surface area contributed by atoms with Crippen LogP contribution in [0.4, 0.5) is 26.3 Å². The lowest BCUT2D eigenvalue weighted by atomic mass is 9.96. The first-order chi connectivity index (χ1) is 10.5. The molecule has 0 heterocycles. The Hall–Kier alpha value is -1.77. The van der Waals surface area contributed by atoms with Crippen molar-refractivity contribution < 1.29 is 35.9 Å². The van der Waals surface area contributed by atoms with E-state index in [4.69, 9.17) is 0 Å². The van der Waals surface area contributed by atoms with Gasteiger partial charge in [-0.25, -0.2) is 0 Å². The van der Waals surface area contributed by atoms with Gasteiger partial charge in [0.25, 0.3) is 0 Å². The minimum absolute atomic E-state index is 0.435. The molecule has 23 heavy (non-hydrogen) atoms. The first-order valence-electron chi connectivity index (χ1n) is 6.50. The van der Waals surface area contributed by atoms with Crippen molar-refractivity contribution in [2.45, 2.75) is 31.4 Å². The molecule has 0 saturated carbocycles. The molecule has 0 radical (unpaired) electrons. The lowest BCUT2D eigenvalue weighted by molar-refractivity contribution is -0.291. The van der Waals surface area contributed by atoms with Crippen LogP contribution in [-0.4, -0.2) is 31.5 Å². The summed E-state index contributed by atoms with van der Waals surface area (Å²) in [5.74, 6) is -5.50. The van der Waals surface area contributed by atoms with Gasteiger partial charge >= 0.3 is 18.3 Å². The first-order valence-corrected chi connectivity index (χ1v) is 6.50. The van der Waals surface area contributed by atoms with Gasteiger partial charge < -0.3 is 4.74 Å².